The second kappa shape index (κ2) is 11.0. The van der Waals surface area contributed by atoms with Gasteiger partial charge in [-0.1, -0.05) is 84.5 Å². The van der Waals surface area contributed by atoms with Crippen molar-refractivity contribution in [3.8, 4) is 5.75 Å². The molecule has 0 radical (unpaired) electrons. The van der Waals surface area contributed by atoms with Crippen LogP contribution in [0.4, 0.5) is 11.4 Å². The standard InChI is InChI=1S/C43H40N2OS/c1-27-20-22-28(23-21-27)44-35-14-5-2-10-30(35)34-26-29(24-25-36(34)44)45(37-15-9-18-40-42(37)33-12-3-6-17-39(33)46-40)38-16-8-13-32-31-11-4-7-19-41(31)47-43(32)38/h2-3,6,8-13,15-18,20-25,29,34,36,40-42H,4-5,7,14,19,26H2,1H3. The van der Waals surface area contributed by atoms with E-state index in [-0.39, 0.29) is 18.1 Å². The van der Waals surface area contributed by atoms with Crippen molar-refractivity contribution >= 4 is 28.7 Å². The summed E-state index contributed by atoms with van der Waals surface area (Å²) in [5.41, 5.74) is 12.7. The number of aryl methyl sites for hydroxylation is 1. The number of anilines is 2. The summed E-state index contributed by atoms with van der Waals surface area (Å²) in [6.07, 6.45) is 26.4. The Hall–Kier alpha value is -4.15. The van der Waals surface area contributed by atoms with Crippen LogP contribution in [0.25, 0.3) is 5.57 Å². The minimum atomic E-state index is 0.0176. The molecule has 47 heavy (non-hydrogen) atoms. The monoisotopic (exact) mass is 632 g/mol. The quantitative estimate of drug-likeness (QED) is 0.266. The predicted molar refractivity (Wildman–Crippen MR) is 195 cm³/mol. The lowest BCUT2D eigenvalue weighted by molar-refractivity contribution is 0.262. The molecular weight excluding hydrogens is 593 g/mol. The van der Waals surface area contributed by atoms with Crippen LogP contribution in [-0.4, -0.2) is 23.4 Å². The van der Waals surface area contributed by atoms with Crippen molar-refractivity contribution in [2.75, 3.05) is 9.80 Å². The van der Waals surface area contributed by atoms with E-state index in [9.17, 15) is 0 Å². The number of benzene rings is 3. The Bertz CT molecular complexity index is 1960. The summed E-state index contributed by atoms with van der Waals surface area (Å²) in [7, 11) is 0. The summed E-state index contributed by atoms with van der Waals surface area (Å²) in [5.74, 6) is 1.63. The van der Waals surface area contributed by atoms with Gasteiger partial charge in [0.25, 0.3) is 0 Å². The van der Waals surface area contributed by atoms with Gasteiger partial charge in [-0.15, -0.1) is 11.8 Å². The van der Waals surface area contributed by atoms with E-state index in [0.29, 0.717) is 17.2 Å². The van der Waals surface area contributed by atoms with Crippen LogP contribution < -0.4 is 14.5 Å². The summed E-state index contributed by atoms with van der Waals surface area (Å²) in [6, 6.07) is 25.5. The van der Waals surface area contributed by atoms with E-state index in [1.807, 2.05) is 0 Å². The van der Waals surface area contributed by atoms with Crippen molar-refractivity contribution in [3.63, 3.8) is 0 Å². The lowest BCUT2D eigenvalue weighted by atomic mass is 9.80. The van der Waals surface area contributed by atoms with Gasteiger partial charge in [-0.3, -0.25) is 0 Å². The summed E-state index contributed by atoms with van der Waals surface area (Å²) in [4.78, 5) is 6.86. The molecule has 3 aliphatic heterocycles. The largest absolute Gasteiger partial charge is 0.485 e. The topological polar surface area (TPSA) is 15.7 Å². The Balaban J connectivity index is 1.11. The minimum absolute atomic E-state index is 0.0176. The van der Waals surface area contributed by atoms with E-state index in [1.54, 1.807) is 11.1 Å². The third-order valence-corrected chi connectivity index (χ3v) is 12.9. The maximum atomic E-state index is 6.59. The third kappa shape index (κ3) is 4.33. The molecule has 3 heterocycles. The average Bonchev–Trinajstić information content (AvgIpc) is 3.79. The first-order chi connectivity index (χ1) is 23.2. The molecule has 3 aromatic rings. The third-order valence-electron chi connectivity index (χ3n) is 11.5. The second-order valence-corrected chi connectivity index (χ2v) is 15.3. The van der Waals surface area contributed by atoms with Gasteiger partial charge in [0.05, 0.1) is 23.7 Å². The van der Waals surface area contributed by atoms with Crippen molar-refractivity contribution in [2.24, 2.45) is 5.92 Å². The van der Waals surface area contributed by atoms with E-state index in [1.165, 1.54) is 63.6 Å². The fourth-order valence-corrected chi connectivity index (χ4v) is 10.9. The molecule has 0 spiro atoms. The number of hydrogen-bond acceptors (Lipinski definition) is 4. The smallest absolute Gasteiger partial charge is 0.130 e. The summed E-state index contributed by atoms with van der Waals surface area (Å²) >= 11 is 2.11. The molecule has 0 fully saturated rings. The number of allylic oxidation sites excluding steroid dienone is 6. The fourth-order valence-electron chi connectivity index (χ4n) is 9.39. The Labute approximate surface area is 282 Å². The van der Waals surface area contributed by atoms with E-state index in [2.05, 4.69) is 144 Å². The van der Waals surface area contributed by atoms with Crippen molar-refractivity contribution in [1.82, 2.24) is 0 Å². The van der Waals surface area contributed by atoms with Crippen LogP contribution in [0.1, 0.15) is 61.1 Å². The molecule has 0 saturated carbocycles. The van der Waals surface area contributed by atoms with E-state index < -0.39 is 0 Å². The fraction of sp³-hybridized carbons (Fsp3) is 0.302. The molecule has 0 saturated heterocycles. The number of para-hydroxylation sites is 1. The van der Waals surface area contributed by atoms with Crippen LogP contribution in [0.2, 0.25) is 0 Å². The molecule has 0 amide bonds. The van der Waals surface area contributed by atoms with Crippen LogP contribution in [0.3, 0.4) is 0 Å². The lowest BCUT2D eigenvalue weighted by Gasteiger charge is -2.43. The number of rotatable bonds is 4. The minimum Gasteiger partial charge on any atom is -0.485 e. The maximum Gasteiger partial charge on any atom is 0.130 e. The summed E-state index contributed by atoms with van der Waals surface area (Å²) in [6.45, 7) is 2.18. The first-order valence-electron chi connectivity index (χ1n) is 17.6. The molecule has 3 aromatic carbocycles. The van der Waals surface area contributed by atoms with Crippen molar-refractivity contribution in [3.05, 3.63) is 149 Å². The summed E-state index contributed by atoms with van der Waals surface area (Å²) in [5, 5.41) is 0.578. The van der Waals surface area contributed by atoms with Gasteiger partial charge >= 0.3 is 0 Å². The molecule has 0 bridgehead atoms. The van der Waals surface area contributed by atoms with Crippen LogP contribution in [0, 0.1) is 12.8 Å². The van der Waals surface area contributed by atoms with Gasteiger partial charge in [-0.25, -0.2) is 0 Å². The van der Waals surface area contributed by atoms with Crippen LogP contribution >= 0.6 is 11.8 Å². The zero-order valence-electron chi connectivity index (χ0n) is 26.9. The lowest BCUT2D eigenvalue weighted by Crippen LogP contribution is -2.44. The molecule has 7 aliphatic rings. The van der Waals surface area contributed by atoms with Crippen molar-refractivity contribution < 1.29 is 4.74 Å². The van der Waals surface area contributed by atoms with Crippen LogP contribution in [0.5, 0.6) is 5.75 Å². The number of hydrogen-bond donors (Lipinski definition) is 0. The zero-order chi connectivity index (χ0) is 31.1. The molecule has 234 valence electrons. The van der Waals surface area contributed by atoms with Gasteiger partial charge < -0.3 is 14.5 Å². The highest BCUT2D eigenvalue weighted by Gasteiger charge is 2.46. The van der Waals surface area contributed by atoms with Gasteiger partial charge in [0, 0.05) is 38.7 Å². The molecule has 10 rings (SSSR count). The van der Waals surface area contributed by atoms with Crippen LogP contribution in [0.15, 0.2) is 137 Å². The Kier molecular flexibility index (Phi) is 6.51. The molecule has 0 N–H and O–H groups in total. The highest BCUT2D eigenvalue weighted by molar-refractivity contribution is 8.01. The highest BCUT2D eigenvalue weighted by atomic mass is 32.2. The predicted octanol–water partition coefficient (Wildman–Crippen LogP) is 10.3. The van der Waals surface area contributed by atoms with Gasteiger partial charge in [0.2, 0.25) is 0 Å². The summed E-state index contributed by atoms with van der Waals surface area (Å²) < 4.78 is 6.59. The molecule has 4 heteroatoms. The molecule has 6 atom stereocenters. The van der Waals surface area contributed by atoms with Gasteiger partial charge in [0.15, 0.2) is 0 Å². The maximum absolute atomic E-state index is 6.59. The Morgan fingerprint density at radius 1 is 0.936 bits per heavy atom. The van der Waals surface area contributed by atoms with E-state index in [0.717, 1.165) is 25.0 Å². The zero-order valence-corrected chi connectivity index (χ0v) is 27.7. The second-order valence-electron chi connectivity index (χ2n) is 14.1. The number of thioether (sulfide) groups is 1. The number of nitrogens with zero attached hydrogens (tertiary/aromatic N) is 2. The number of ether oxygens (including phenoxy) is 1. The Morgan fingerprint density at radius 3 is 2.79 bits per heavy atom. The molecular formula is C43H40N2OS. The van der Waals surface area contributed by atoms with Gasteiger partial charge in [-0.2, -0.15) is 0 Å². The van der Waals surface area contributed by atoms with Crippen molar-refractivity contribution in [2.45, 2.75) is 79.7 Å². The average molecular weight is 633 g/mol. The normalized spacial score (nSPS) is 29.3. The van der Waals surface area contributed by atoms with Crippen LogP contribution in [-0.2, 0) is 0 Å². The van der Waals surface area contributed by atoms with Crippen molar-refractivity contribution in [1.29, 1.82) is 0 Å². The molecule has 6 unspecified atom stereocenters. The van der Waals surface area contributed by atoms with E-state index >= 15 is 0 Å². The first-order valence-corrected chi connectivity index (χ1v) is 18.5. The SMILES string of the molecule is Cc1ccc(N2C3=C(C=CCC3)C3CC(N(C4=CC=CC5Oc6ccccc6C45)c4cccc5c4SC4CCCC=C54)C=CC32)cc1. The van der Waals surface area contributed by atoms with Gasteiger partial charge in [0.1, 0.15) is 11.9 Å². The van der Waals surface area contributed by atoms with E-state index in [4.69, 9.17) is 4.74 Å². The van der Waals surface area contributed by atoms with Gasteiger partial charge in [-0.05, 0) is 98.6 Å². The highest BCUT2D eigenvalue weighted by Crippen LogP contribution is 2.56. The number of fused-ring (bicyclic) bond motifs is 8. The molecule has 3 nitrogen and oxygen atoms in total. The first kappa shape index (κ1) is 27.9. The molecule has 0 aromatic heterocycles. The Morgan fingerprint density at radius 2 is 1.85 bits per heavy atom. The molecule has 4 aliphatic carbocycles.